The van der Waals surface area contributed by atoms with E-state index in [1.54, 1.807) is 6.07 Å². The van der Waals surface area contributed by atoms with Gasteiger partial charge in [0, 0.05) is 56.9 Å². The minimum atomic E-state index is -0.269. The molecule has 0 aromatic heterocycles. The van der Waals surface area contributed by atoms with Crippen molar-refractivity contribution in [2.45, 2.75) is 13.5 Å². The van der Waals surface area contributed by atoms with E-state index in [-0.39, 0.29) is 11.7 Å². The third-order valence-electron chi connectivity index (χ3n) is 7.22. The van der Waals surface area contributed by atoms with Crippen molar-refractivity contribution in [3.63, 3.8) is 0 Å². The van der Waals surface area contributed by atoms with Crippen molar-refractivity contribution in [2.24, 2.45) is 0 Å². The number of morpholine rings is 1. The fourth-order valence-electron chi connectivity index (χ4n) is 5.02. The van der Waals surface area contributed by atoms with E-state index < -0.39 is 0 Å². The Bertz CT molecular complexity index is 1250. The van der Waals surface area contributed by atoms with Gasteiger partial charge >= 0.3 is 0 Å². The van der Waals surface area contributed by atoms with Gasteiger partial charge in [-0.2, -0.15) is 0 Å². The molecule has 0 unspecified atom stereocenters. The molecule has 37 heavy (non-hydrogen) atoms. The Balaban J connectivity index is 1.47. The molecular weight excluding hydrogens is 467 g/mol. The van der Waals surface area contributed by atoms with Crippen LogP contribution in [0, 0.1) is 12.7 Å². The second-order valence-electron chi connectivity index (χ2n) is 10.0. The van der Waals surface area contributed by atoms with Gasteiger partial charge in [-0.05, 0) is 61.5 Å². The lowest BCUT2D eigenvalue weighted by atomic mass is 10.00. The van der Waals surface area contributed by atoms with Crippen molar-refractivity contribution < 1.29 is 13.9 Å². The second-order valence-corrected chi connectivity index (χ2v) is 10.0. The molecule has 0 atom stereocenters. The molecule has 1 amide bonds. The summed E-state index contributed by atoms with van der Waals surface area (Å²) in [6.45, 7) is 9.57. The number of benzene rings is 3. The fourth-order valence-corrected chi connectivity index (χ4v) is 5.02. The van der Waals surface area contributed by atoms with E-state index in [0.29, 0.717) is 16.8 Å². The minimum absolute atomic E-state index is 0.169. The van der Waals surface area contributed by atoms with Gasteiger partial charge in [0.1, 0.15) is 5.82 Å². The molecule has 0 spiro atoms. The maximum atomic E-state index is 15.1. The molecule has 0 radical (unpaired) electrons. The summed E-state index contributed by atoms with van der Waals surface area (Å²) in [6.07, 6.45) is 0. The van der Waals surface area contributed by atoms with Crippen molar-refractivity contribution in [3.8, 4) is 11.1 Å². The van der Waals surface area contributed by atoms with Gasteiger partial charge in [-0.1, -0.05) is 29.8 Å². The third kappa shape index (κ3) is 6.18. The summed E-state index contributed by atoms with van der Waals surface area (Å²) in [7, 11) is 2.12. The van der Waals surface area contributed by atoms with E-state index in [9.17, 15) is 4.79 Å². The first-order valence-electron chi connectivity index (χ1n) is 13.0. The number of nitrogens with zero attached hydrogens (tertiary/aromatic N) is 3. The highest BCUT2D eigenvalue weighted by Crippen LogP contribution is 2.34. The van der Waals surface area contributed by atoms with Crippen molar-refractivity contribution in [1.82, 2.24) is 9.80 Å². The largest absolute Gasteiger partial charge is 0.379 e. The Morgan fingerprint density at radius 3 is 2.49 bits per heavy atom. The van der Waals surface area contributed by atoms with Crippen molar-refractivity contribution in [3.05, 3.63) is 83.2 Å². The molecular formula is C30H35FN4O2. The number of likely N-dealkylation sites (N-methyl/N-ethyl adjacent to an activating group) is 1. The molecule has 194 valence electrons. The molecule has 0 saturated carbocycles. The number of halogens is 1. The van der Waals surface area contributed by atoms with E-state index >= 15 is 4.39 Å². The summed E-state index contributed by atoms with van der Waals surface area (Å²) in [5, 5.41) is 3.13. The van der Waals surface area contributed by atoms with Crippen LogP contribution in [0.15, 0.2) is 60.7 Å². The number of carbonyl (C=O) groups excluding carboxylic acids is 1. The number of nitrogens with one attached hydrogen (secondary N) is 1. The predicted octanol–water partition coefficient (Wildman–Crippen LogP) is 4.64. The van der Waals surface area contributed by atoms with Crippen LogP contribution in [0.2, 0.25) is 0 Å². The summed E-state index contributed by atoms with van der Waals surface area (Å²) in [5.41, 5.74) is 5.65. The highest BCUT2D eigenvalue weighted by atomic mass is 19.1. The van der Waals surface area contributed by atoms with E-state index in [4.69, 9.17) is 4.74 Å². The van der Waals surface area contributed by atoms with Gasteiger partial charge in [-0.3, -0.25) is 9.69 Å². The summed E-state index contributed by atoms with van der Waals surface area (Å²) in [4.78, 5) is 20.1. The lowest BCUT2D eigenvalue weighted by Crippen LogP contribution is -2.44. The molecule has 2 saturated heterocycles. The Kier molecular flexibility index (Phi) is 7.84. The molecule has 3 aromatic carbocycles. The van der Waals surface area contributed by atoms with Gasteiger partial charge in [0.05, 0.1) is 24.6 Å². The number of piperazine rings is 1. The molecule has 0 aliphatic carbocycles. The summed E-state index contributed by atoms with van der Waals surface area (Å²) in [6, 6.07) is 18.8. The Morgan fingerprint density at radius 2 is 1.73 bits per heavy atom. The van der Waals surface area contributed by atoms with Gasteiger partial charge in [-0.15, -0.1) is 0 Å². The second kappa shape index (κ2) is 11.4. The van der Waals surface area contributed by atoms with E-state index in [1.165, 1.54) is 0 Å². The lowest BCUT2D eigenvalue weighted by Gasteiger charge is -2.35. The smallest absolute Gasteiger partial charge is 0.255 e. The van der Waals surface area contributed by atoms with Gasteiger partial charge < -0.3 is 19.9 Å². The standard InChI is InChI=1S/C30H35FN4O2/c1-22-4-3-5-25(18-22)30(36)32-28-20-24(7-9-29(28)35-12-10-33(2)11-13-35)26-19-23(6-8-27(26)31)21-34-14-16-37-17-15-34/h3-9,18-20H,10-17,21H2,1-2H3,(H,32,36). The van der Waals surface area contributed by atoms with E-state index in [0.717, 1.165) is 81.4 Å². The Morgan fingerprint density at radius 1 is 0.946 bits per heavy atom. The van der Waals surface area contributed by atoms with Crippen LogP contribution in [-0.4, -0.2) is 75.2 Å². The summed E-state index contributed by atoms with van der Waals surface area (Å²) in [5.74, 6) is -0.438. The first kappa shape index (κ1) is 25.4. The molecule has 7 heteroatoms. The molecule has 5 rings (SSSR count). The first-order chi connectivity index (χ1) is 18.0. The SMILES string of the molecule is Cc1cccc(C(=O)Nc2cc(-c3cc(CN4CCOCC4)ccc3F)ccc2N2CCN(C)CC2)c1. The van der Waals surface area contributed by atoms with Crippen LogP contribution in [0.4, 0.5) is 15.8 Å². The summed E-state index contributed by atoms with van der Waals surface area (Å²) < 4.78 is 20.6. The average molecular weight is 503 g/mol. The number of ether oxygens (including phenoxy) is 1. The third-order valence-corrected chi connectivity index (χ3v) is 7.22. The van der Waals surface area contributed by atoms with Crippen LogP contribution in [0.1, 0.15) is 21.5 Å². The molecule has 1 N–H and O–H groups in total. The molecule has 3 aromatic rings. The monoisotopic (exact) mass is 502 g/mol. The first-order valence-corrected chi connectivity index (χ1v) is 13.0. The van der Waals surface area contributed by atoms with Crippen molar-refractivity contribution in [2.75, 3.05) is 69.7 Å². The maximum absolute atomic E-state index is 15.1. The Labute approximate surface area is 218 Å². The molecule has 2 fully saturated rings. The topological polar surface area (TPSA) is 48.1 Å². The van der Waals surface area contributed by atoms with Crippen LogP contribution < -0.4 is 10.2 Å². The van der Waals surface area contributed by atoms with Gasteiger partial charge in [0.25, 0.3) is 5.91 Å². The van der Waals surface area contributed by atoms with Gasteiger partial charge in [0.15, 0.2) is 0 Å². The number of amides is 1. The normalized spacial score (nSPS) is 17.1. The lowest BCUT2D eigenvalue weighted by molar-refractivity contribution is 0.0342. The zero-order valence-corrected chi connectivity index (χ0v) is 21.7. The predicted molar refractivity (Wildman–Crippen MR) is 147 cm³/mol. The number of hydrogen-bond donors (Lipinski definition) is 1. The van der Waals surface area contributed by atoms with E-state index in [2.05, 4.69) is 27.1 Å². The number of aryl methyl sites for hydroxylation is 1. The van der Waals surface area contributed by atoms with Gasteiger partial charge in [-0.25, -0.2) is 4.39 Å². The number of hydrogen-bond acceptors (Lipinski definition) is 5. The zero-order valence-electron chi connectivity index (χ0n) is 21.7. The minimum Gasteiger partial charge on any atom is -0.379 e. The van der Waals surface area contributed by atoms with Gasteiger partial charge in [0.2, 0.25) is 0 Å². The molecule has 2 aliphatic heterocycles. The average Bonchev–Trinajstić information content (AvgIpc) is 2.91. The molecule has 2 heterocycles. The summed E-state index contributed by atoms with van der Waals surface area (Å²) >= 11 is 0. The van der Waals surface area contributed by atoms with Crippen LogP contribution in [0.5, 0.6) is 0 Å². The number of rotatable bonds is 6. The number of anilines is 2. The van der Waals surface area contributed by atoms with Crippen LogP contribution in [-0.2, 0) is 11.3 Å². The van der Waals surface area contributed by atoms with Crippen LogP contribution in [0.25, 0.3) is 11.1 Å². The molecule has 2 aliphatic rings. The molecule has 6 nitrogen and oxygen atoms in total. The van der Waals surface area contributed by atoms with Crippen molar-refractivity contribution in [1.29, 1.82) is 0 Å². The van der Waals surface area contributed by atoms with Crippen LogP contribution >= 0.6 is 0 Å². The maximum Gasteiger partial charge on any atom is 0.255 e. The highest BCUT2D eigenvalue weighted by molar-refractivity contribution is 6.06. The quantitative estimate of drug-likeness (QED) is 0.532. The van der Waals surface area contributed by atoms with Crippen LogP contribution in [0.3, 0.4) is 0 Å². The number of carbonyl (C=O) groups is 1. The Hall–Kier alpha value is -3.26. The molecule has 0 bridgehead atoms. The zero-order chi connectivity index (χ0) is 25.8. The highest BCUT2D eigenvalue weighted by Gasteiger charge is 2.20. The fraction of sp³-hybridized carbons (Fsp3) is 0.367. The van der Waals surface area contributed by atoms with E-state index in [1.807, 2.05) is 61.5 Å². The van der Waals surface area contributed by atoms with Crippen molar-refractivity contribution >= 4 is 17.3 Å².